The van der Waals surface area contributed by atoms with Gasteiger partial charge in [0.1, 0.15) is 5.82 Å². The lowest BCUT2D eigenvalue weighted by Crippen LogP contribution is -2.47. The maximum Gasteiger partial charge on any atom is 0.232 e. The fourth-order valence-corrected chi connectivity index (χ4v) is 4.70. The van der Waals surface area contributed by atoms with Crippen LogP contribution < -0.4 is 15.5 Å². The Balaban J connectivity index is 1.38. The van der Waals surface area contributed by atoms with Gasteiger partial charge in [-0.1, -0.05) is 30.3 Å². The van der Waals surface area contributed by atoms with Gasteiger partial charge in [-0.25, -0.2) is 0 Å². The summed E-state index contributed by atoms with van der Waals surface area (Å²) in [7, 11) is 2.00. The molecule has 1 aromatic heterocycles. The molecule has 166 valence electrons. The highest BCUT2D eigenvalue weighted by atomic mass is 16.3. The molecule has 2 aliphatic rings. The molecule has 0 amide bonds. The Morgan fingerprint density at radius 1 is 0.969 bits per heavy atom. The van der Waals surface area contributed by atoms with E-state index in [1.54, 1.807) is 0 Å². The van der Waals surface area contributed by atoms with Crippen LogP contribution in [0.2, 0.25) is 0 Å². The topological polar surface area (TPSA) is 89.4 Å². The zero-order chi connectivity index (χ0) is 22.1. The largest absolute Gasteiger partial charge is 0.395 e. The molecule has 8 nitrogen and oxygen atoms in total. The van der Waals surface area contributed by atoms with Gasteiger partial charge in [-0.15, -0.1) is 0 Å². The quantitative estimate of drug-likeness (QED) is 0.548. The Hall–Kier alpha value is -3.07. The molecule has 8 heteroatoms. The Kier molecular flexibility index (Phi) is 5.73. The Labute approximate surface area is 188 Å². The molecule has 1 saturated heterocycles. The van der Waals surface area contributed by atoms with E-state index in [9.17, 15) is 0 Å². The number of fused-ring (bicyclic) bond motifs is 3. The highest BCUT2D eigenvalue weighted by Crippen LogP contribution is 2.44. The number of piperazine rings is 1. The minimum atomic E-state index is 0.194. The van der Waals surface area contributed by atoms with E-state index in [2.05, 4.69) is 72.9 Å². The molecule has 1 aliphatic heterocycles. The molecule has 0 bridgehead atoms. The lowest BCUT2D eigenvalue weighted by Gasteiger charge is -2.34. The van der Waals surface area contributed by atoms with Crippen molar-refractivity contribution < 1.29 is 5.11 Å². The molecule has 32 heavy (non-hydrogen) atoms. The zero-order valence-electron chi connectivity index (χ0n) is 18.5. The third-order valence-corrected chi connectivity index (χ3v) is 6.28. The molecule has 1 fully saturated rings. The van der Waals surface area contributed by atoms with Crippen molar-refractivity contribution in [1.29, 1.82) is 0 Å². The average molecular weight is 432 g/mol. The Morgan fingerprint density at radius 2 is 1.75 bits per heavy atom. The number of nitrogens with one attached hydrogen (secondary N) is 2. The summed E-state index contributed by atoms with van der Waals surface area (Å²) in [5.74, 6) is 1.95. The standard InChI is InChI=1S/C24H29N7O/c1-16-26-23(29-24(27-16)31-11-9-30(10-12-31)13-14-32)28-17-7-8-20-21(15-17)18-5-3-4-6-19(18)22(20)25-2/h3-8,15,22,25,32H,9-14H2,1-2H3,(H,26,27,28,29). The fraction of sp³-hybridized carbons (Fsp3) is 0.375. The first-order valence-corrected chi connectivity index (χ1v) is 11.1. The van der Waals surface area contributed by atoms with Crippen molar-refractivity contribution in [2.45, 2.75) is 13.0 Å². The third kappa shape index (κ3) is 3.92. The van der Waals surface area contributed by atoms with Crippen molar-refractivity contribution in [2.24, 2.45) is 0 Å². The van der Waals surface area contributed by atoms with Crippen LogP contribution in [-0.2, 0) is 0 Å². The van der Waals surface area contributed by atoms with Crippen molar-refractivity contribution in [1.82, 2.24) is 25.2 Å². The van der Waals surface area contributed by atoms with Gasteiger partial charge in [0.25, 0.3) is 0 Å². The number of nitrogens with zero attached hydrogens (tertiary/aromatic N) is 5. The first-order chi connectivity index (χ1) is 15.7. The predicted molar refractivity (Wildman–Crippen MR) is 126 cm³/mol. The summed E-state index contributed by atoms with van der Waals surface area (Å²) in [6.45, 7) is 6.27. The highest BCUT2D eigenvalue weighted by molar-refractivity contribution is 5.81. The van der Waals surface area contributed by atoms with Crippen molar-refractivity contribution in [3.05, 3.63) is 59.4 Å². The number of β-amino-alcohol motifs (C(OH)–C–C–N with tert-alkyl or cyclic N) is 1. The molecule has 1 aliphatic carbocycles. The van der Waals surface area contributed by atoms with E-state index in [0.29, 0.717) is 24.3 Å². The summed E-state index contributed by atoms with van der Waals surface area (Å²) >= 11 is 0. The first kappa shape index (κ1) is 20.8. The smallest absolute Gasteiger partial charge is 0.232 e. The molecule has 1 unspecified atom stereocenters. The number of anilines is 3. The molecule has 5 rings (SSSR count). The second-order valence-corrected chi connectivity index (χ2v) is 8.29. The number of aliphatic hydroxyl groups is 1. The van der Waals surface area contributed by atoms with E-state index < -0.39 is 0 Å². The van der Waals surface area contributed by atoms with Crippen LogP contribution in [0.3, 0.4) is 0 Å². The fourth-order valence-electron chi connectivity index (χ4n) is 4.70. The summed E-state index contributed by atoms with van der Waals surface area (Å²) in [5.41, 5.74) is 6.04. The number of rotatable bonds is 6. The Morgan fingerprint density at radius 3 is 2.53 bits per heavy atom. The monoisotopic (exact) mass is 431 g/mol. The van der Waals surface area contributed by atoms with Crippen LogP contribution in [0, 0.1) is 6.92 Å². The molecule has 3 N–H and O–H groups in total. The molecule has 2 aromatic carbocycles. The highest BCUT2D eigenvalue weighted by Gasteiger charge is 2.27. The molecular formula is C24H29N7O. The molecule has 3 aromatic rings. The van der Waals surface area contributed by atoms with Gasteiger partial charge in [0.05, 0.1) is 12.6 Å². The van der Waals surface area contributed by atoms with E-state index in [0.717, 1.165) is 31.9 Å². The van der Waals surface area contributed by atoms with Gasteiger partial charge in [0.2, 0.25) is 11.9 Å². The van der Waals surface area contributed by atoms with E-state index in [-0.39, 0.29) is 12.6 Å². The van der Waals surface area contributed by atoms with Gasteiger partial charge in [-0.2, -0.15) is 15.0 Å². The summed E-state index contributed by atoms with van der Waals surface area (Å²) in [5, 5.41) is 16.0. The molecular weight excluding hydrogens is 402 g/mol. The Bertz CT molecular complexity index is 1110. The lowest BCUT2D eigenvalue weighted by atomic mass is 10.0. The average Bonchev–Trinajstić information content (AvgIpc) is 3.12. The van der Waals surface area contributed by atoms with Gasteiger partial charge in [-0.05, 0) is 48.4 Å². The number of aromatic nitrogens is 3. The van der Waals surface area contributed by atoms with Gasteiger partial charge in [-0.3, -0.25) is 4.90 Å². The van der Waals surface area contributed by atoms with Gasteiger partial charge >= 0.3 is 0 Å². The minimum absolute atomic E-state index is 0.194. The van der Waals surface area contributed by atoms with Crippen LogP contribution >= 0.6 is 0 Å². The van der Waals surface area contributed by atoms with E-state index in [4.69, 9.17) is 10.1 Å². The second-order valence-electron chi connectivity index (χ2n) is 8.29. The van der Waals surface area contributed by atoms with Crippen LogP contribution in [0.5, 0.6) is 0 Å². The van der Waals surface area contributed by atoms with Crippen LogP contribution in [0.15, 0.2) is 42.5 Å². The van der Waals surface area contributed by atoms with Crippen LogP contribution in [0.1, 0.15) is 23.0 Å². The van der Waals surface area contributed by atoms with Gasteiger partial charge in [0, 0.05) is 38.4 Å². The molecule has 2 heterocycles. The SMILES string of the molecule is CNC1c2ccccc2-c2cc(Nc3nc(C)nc(N4CCN(CCO)CC4)n3)ccc21. The normalized spacial score (nSPS) is 17.8. The maximum atomic E-state index is 9.16. The molecule has 1 atom stereocenters. The number of hydrogen-bond donors (Lipinski definition) is 3. The predicted octanol–water partition coefficient (Wildman–Crippen LogP) is 2.33. The van der Waals surface area contributed by atoms with Crippen molar-refractivity contribution in [2.75, 3.05) is 56.6 Å². The van der Waals surface area contributed by atoms with E-state index >= 15 is 0 Å². The molecule has 0 radical (unpaired) electrons. The summed E-state index contributed by atoms with van der Waals surface area (Å²) in [4.78, 5) is 18.2. The summed E-state index contributed by atoms with van der Waals surface area (Å²) in [6, 6.07) is 15.2. The zero-order valence-corrected chi connectivity index (χ0v) is 18.5. The van der Waals surface area contributed by atoms with Gasteiger partial charge in [0.15, 0.2) is 0 Å². The van der Waals surface area contributed by atoms with Crippen LogP contribution in [0.4, 0.5) is 17.6 Å². The summed E-state index contributed by atoms with van der Waals surface area (Å²) < 4.78 is 0. The van der Waals surface area contributed by atoms with E-state index in [1.165, 1.54) is 22.3 Å². The second kappa shape index (κ2) is 8.82. The van der Waals surface area contributed by atoms with Crippen molar-refractivity contribution in [3.63, 3.8) is 0 Å². The van der Waals surface area contributed by atoms with E-state index in [1.807, 2.05) is 14.0 Å². The first-order valence-electron chi connectivity index (χ1n) is 11.1. The van der Waals surface area contributed by atoms with Crippen LogP contribution in [-0.4, -0.2) is 71.3 Å². The minimum Gasteiger partial charge on any atom is -0.395 e. The number of benzene rings is 2. The number of hydrogen-bond acceptors (Lipinski definition) is 8. The molecule has 0 saturated carbocycles. The molecule has 0 spiro atoms. The third-order valence-electron chi connectivity index (χ3n) is 6.28. The van der Waals surface area contributed by atoms with Crippen molar-refractivity contribution in [3.8, 4) is 11.1 Å². The van der Waals surface area contributed by atoms with Gasteiger partial charge < -0.3 is 20.6 Å². The number of aliphatic hydroxyl groups excluding tert-OH is 1. The van der Waals surface area contributed by atoms with Crippen molar-refractivity contribution >= 4 is 17.6 Å². The lowest BCUT2D eigenvalue weighted by molar-refractivity contribution is 0.188. The number of aryl methyl sites for hydroxylation is 1. The van der Waals surface area contributed by atoms with Crippen LogP contribution in [0.25, 0.3) is 11.1 Å². The maximum absolute atomic E-state index is 9.16. The summed E-state index contributed by atoms with van der Waals surface area (Å²) in [6.07, 6.45) is 0.